The van der Waals surface area contributed by atoms with Crippen molar-refractivity contribution in [2.75, 3.05) is 30.8 Å². The summed E-state index contributed by atoms with van der Waals surface area (Å²) in [4.78, 5) is 17.9. The molecule has 2 atom stereocenters. The lowest BCUT2D eigenvalue weighted by Gasteiger charge is -2.28. The van der Waals surface area contributed by atoms with Crippen molar-refractivity contribution in [2.45, 2.75) is 32.2 Å². The van der Waals surface area contributed by atoms with Gasteiger partial charge in [-0.25, -0.2) is 18.2 Å². The first kappa shape index (κ1) is 28.1. The number of amidine groups is 1. The molecule has 1 aromatic heterocycles. The summed E-state index contributed by atoms with van der Waals surface area (Å²) in [5.74, 6) is -0.609. The minimum absolute atomic E-state index is 0.0510. The first-order valence-electron chi connectivity index (χ1n) is 12.5. The van der Waals surface area contributed by atoms with Crippen molar-refractivity contribution in [1.29, 1.82) is 0 Å². The lowest BCUT2D eigenvalue weighted by atomic mass is 10.1. The molecule has 4 rings (SSSR count). The number of fused-ring (bicyclic) bond motifs is 1. The van der Waals surface area contributed by atoms with Crippen LogP contribution in [0.3, 0.4) is 0 Å². The zero-order chi connectivity index (χ0) is 28.3. The summed E-state index contributed by atoms with van der Waals surface area (Å²) in [6.45, 7) is 2.94. The molecule has 2 heterocycles. The zero-order valence-corrected chi connectivity index (χ0v) is 23.0. The molecule has 2 aromatic carbocycles. The number of anilines is 1. The van der Waals surface area contributed by atoms with E-state index >= 15 is 0 Å². The normalized spacial score (nSPS) is 15.3. The highest BCUT2D eigenvalue weighted by Gasteiger charge is 2.18. The van der Waals surface area contributed by atoms with Crippen molar-refractivity contribution in [2.24, 2.45) is 10.7 Å². The van der Waals surface area contributed by atoms with Gasteiger partial charge in [-0.3, -0.25) is 4.31 Å². The number of nitrogens with zero attached hydrogens (tertiary/aromatic N) is 4. The number of hydrogen-bond acceptors (Lipinski definition) is 8. The van der Waals surface area contributed by atoms with Crippen molar-refractivity contribution in [1.82, 2.24) is 14.8 Å². The number of carboxylic acids is 1. The van der Waals surface area contributed by atoms with Gasteiger partial charge in [0.05, 0.1) is 11.9 Å². The molecule has 0 fully saturated rings. The number of carbonyl (C=O) groups is 1. The molecule has 1 aliphatic rings. The van der Waals surface area contributed by atoms with E-state index in [1.165, 1.54) is 11.4 Å². The van der Waals surface area contributed by atoms with Crippen molar-refractivity contribution in [3.63, 3.8) is 0 Å². The number of carboxylic acid groups (broad SMARTS) is 1. The number of hydrogen-bond donors (Lipinski definition) is 4. The minimum atomic E-state index is -3.42. The molecular formula is C27H34N6O5S. The number of rotatable bonds is 11. The molecule has 2 unspecified atom stereocenters. The number of aromatic nitrogens is 1. The van der Waals surface area contributed by atoms with E-state index in [0.717, 1.165) is 28.3 Å². The van der Waals surface area contributed by atoms with E-state index < -0.39 is 22.2 Å². The Kier molecular flexibility index (Phi) is 8.28. The van der Waals surface area contributed by atoms with E-state index in [1.807, 2.05) is 31.2 Å². The van der Waals surface area contributed by atoms with Crippen LogP contribution in [0.1, 0.15) is 28.5 Å². The molecular weight excluding hydrogens is 520 g/mol. The van der Waals surface area contributed by atoms with E-state index in [2.05, 4.69) is 10.3 Å². The maximum absolute atomic E-state index is 12.1. The number of aliphatic hydroxyl groups excluding tert-OH is 1. The molecule has 5 N–H and O–H groups in total. The fourth-order valence-electron chi connectivity index (χ4n) is 4.50. The highest BCUT2D eigenvalue weighted by molar-refractivity contribution is 7.92. The van der Waals surface area contributed by atoms with Crippen LogP contribution in [0.25, 0.3) is 10.9 Å². The van der Waals surface area contributed by atoms with Crippen LogP contribution in [0.2, 0.25) is 0 Å². The Balaban J connectivity index is 1.48. The average molecular weight is 555 g/mol. The smallest absolute Gasteiger partial charge is 0.352 e. The molecule has 0 spiro atoms. The second kappa shape index (κ2) is 11.5. The monoisotopic (exact) mass is 554 g/mol. The lowest BCUT2D eigenvalue weighted by Crippen LogP contribution is -2.44. The van der Waals surface area contributed by atoms with Crippen LogP contribution in [0.15, 0.2) is 65.8 Å². The lowest BCUT2D eigenvalue weighted by molar-refractivity contribution is 0.0375. The Bertz CT molecular complexity index is 1530. The van der Waals surface area contributed by atoms with Crippen LogP contribution < -0.4 is 15.4 Å². The van der Waals surface area contributed by atoms with Gasteiger partial charge in [-0.05, 0) is 60.9 Å². The van der Waals surface area contributed by atoms with Crippen LogP contribution in [-0.2, 0) is 23.0 Å². The fourth-order valence-corrected chi connectivity index (χ4v) is 4.99. The third-order valence-corrected chi connectivity index (χ3v) is 7.93. The van der Waals surface area contributed by atoms with Crippen molar-refractivity contribution >= 4 is 38.4 Å². The van der Waals surface area contributed by atoms with Gasteiger partial charge in [0.2, 0.25) is 10.0 Å². The minimum Gasteiger partial charge on any atom is -0.477 e. The molecule has 0 radical (unpaired) electrons. The van der Waals surface area contributed by atoms with Gasteiger partial charge >= 0.3 is 5.97 Å². The van der Waals surface area contributed by atoms with E-state index in [-0.39, 0.29) is 18.3 Å². The quantitative estimate of drug-likeness (QED) is 0.280. The summed E-state index contributed by atoms with van der Waals surface area (Å²) >= 11 is 0. The van der Waals surface area contributed by atoms with E-state index in [9.17, 15) is 23.4 Å². The second-order valence-electron chi connectivity index (χ2n) is 9.76. The molecule has 0 aliphatic carbocycles. The summed E-state index contributed by atoms with van der Waals surface area (Å²) in [5.41, 5.74) is 8.85. The van der Waals surface area contributed by atoms with Crippen LogP contribution in [0.4, 0.5) is 5.69 Å². The van der Waals surface area contributed by atoms with Gasteiger partial charge in [0.25, 0.3) is 0 Å². The number of aromatic carboxylic acids is 1. The first-order valence-corrected chi connectivity index (χ1v) is 14.3. The van der Waals surface area contributed by atoms with Gasteiger partial charge in [0, 0.05) is 43.3 Å². The Morgan fingerprint density at radius 3 is 2.64 bits per heavy atom. The molecule has 12 heteroatoms. The Hall–Kier alpha value is -3.87. The van der Waals surface area contributed by atoms with Crippen molar-refractivity contribution < 1.29 is 23.4 Å². The van der Waals surface area contributed by atoms with Gasteiger partial charge in [-0.15, -0.1) is 0 Å². The molecule has 39 heavy (non-hydrogen) atoms. The maximum Gasteiger partial charge on any atom is 0.352 e. The Morgan fingerprint density at radius 2 is 1.97 bits per heavy atom. The number of nitrogens with two attached hydrogens (primary N) is 1. The molecule has 0 saturated heterocycles. The highest BCUT2D eigenvalue weighted by atomic mass is 32.2. The summed E-state index contributed by atoms with van der Waals surface area (Å²) in [5, 5.41) is 24.4. The van der Waals surface area contributed by atoms with Gasteiger partial charge in [-0.1, -0.05) is 18.2 Å². The number of benzene rings is 2. The standard InChI is InChI=1S/C27H34N6O5S/c1-18(29-15-26(34)32-10-9-25(28)30-17-32)11-19-7-8-23-21(12-19)14-24(27(35)36)33(23)16-20-5-4-6-22(13-20)31(2)39(3,37)38/h4-10,12-14,18,26,29,34H,11,15-17H2,1-3H3,(H2,28,30)(H,35,36). The highest BCUT2D eigenvalue weighted by Crippen LogP contribution is 2.25. The van der Waals surface area contributed by atoms with Crippen LogP contribution >= 0.6 is 0 Å². The average Bonchev–Trinajstić information content (AvgIpc) is 3.24. The summed E-state index contributed by atoms with van der Waals surface area (Å²) in [6, 6.07) is 14.6. The third kappa shape index (κ3) is 6.77. The second-order valence-corrected chi connectivity index (χ2v) is 11.8. The molecule has 3 aromatic rings. The topological polar surface area (TPSA) is 153 Å². The van der Waals surface area contributed by atoms with Gasteiger partial charge in [0.1, 0.15) is 24.4 Å². The van der Waals surface area contributed by atoms with Crippen molar-refractivity contribution in [3.05, 3.63) is 77.6 Å². The number of sulfonamides is 1. The first-order chi connectivity index (χ1) is 18.4. The van der Waals surface area contributed by atoms with E-state index in [0.29, 0.717) is 31.2 Å². The summed E-state index contributed by atoms with van der Waals surface area (Å²) in [6.07, 6.45) is 4.43. The predicted molar refractivity (Wildman–Crippen MR) is 152 cm³/mol. The van der Waals surface area contributed by atoms with E-state index in [1.54, 1.807) is 46.0 Å². The summed E-state index contributed by atoms with van der Waals surface area (Å²) < 4.78 is 26.8. The van der Waals surface area contributed by atoms with Gasteiger partial charge in [0.15, 0.2) is 0 Å². The Labute approximate surface area is 227 Å². The molecule has 208 valence electrons. The summed E-state index contributed by atoms with van der Waals surface area (Å²) in [7, 11) is -1.94. The number of aliphatic imine (C=N–C) groups is 1. The van der Waals surface area contributed by atoms with Gasteiger partial charge < -0.3 is 30.7 Å². The van der Waals surface area contributed by atoms with Crippen LogP contribution in [-0.4, -0.2) is 78.7 Å². The molecule has 0 amide bonds. The van der Waals surface area contributed by atoms with Crippen molar-refractivity contribution in [3.8, 4) is 0 Å². The van der Waals surface area contributed by atoms with Crippen LogP contribution in [0, 0.1) is 0 Å². The zero-order valence-electron chi connectivity index (χ0n) is 22.2. The molecule has 0 bridgehead atoms. The molecule has 1 aliphatic heterocycles. The predicted octanol–water partition coefficient (Wildman–Crippen LogP) is 1.77. The van der Waals surface area contributed by atoms with E-state index in [4.69, 9.17) is 5.73 Å². The maximum atomic E-state index is 12.1. The molecule has 0 saturated carbocycles. The van der Waals surface area contributed by atoms with Crippen LogP contribution in [0.5, 0.6) is 0 Å². The largest absolute Gasteiger partial charge is 0.477 e. The number of aliphatic hydroxyl groups is 1. The van der Waals surface area contributed by atoms with Gasteiger partial charge in [-0.2, -0.15) is 0 Å². The Morgan fingerprint density at radius 1 is 1.21 bits per heavy atom. The third-order valence-electron chi connectivity index (χ3n) is 6.72. The fraction of sp³-hybridized carbons (Fsp3) is 0.333. The number of nitrogens with one attached hydrogen (secondary N) is 1. The molecule has 11 nitrogen and oxygen atoms in total. The SMILES string of the molecule is CC(Cc1ccc2c(c1)cc(C(=O)O)n2Cc1cccc(N(C)S(C)(=O)=O)c1)NCC(O)N1C=CC(N)=NC1.